The van der Waals surface area contributed by atoms with Crippen molar-refractivity contribution in [1.29, 1.82) is 0 Å². The first-order valence-corrected chi connectivity index (χ1v) is 27.0. The molecule has 0 spiro atoms. The van der Waals surface area contributed by atoms with Crippen molar-refractivity contribution in [3.63, 3.8) is 0 Å². The number of aromatic nitrogens is 3. The maximum Gasteiger partial charge on any atom is 0.137 e. The molecule has 11 aromatic rings. The van der Waals surface area contributed by atoms with Crippen molar-refractivity contribution < 1.29 is 7.48 Å². The zero-order valence-electron chi connectivity index (χ0n) is 48.2. The first-order chi connectivity index (χ1) is 37.0. The smallest absolute Gasteiger partial charge is 0.137 e. The second kappa shape index (κ2) is 17.9. The topological polar surface area (TPSA) is 35.2 Å². The van der Waals surface area contributed by atoms with Gasteiger partial charge in [0.2, 0.25) is 0 Å². The van der Waals surface area contributed by atoms with Gasteiger partial charge in [0.15, 0.2) is 0 Å². The third-order valence-corrected chi connectivity index (χ3v) is 15.3. The van der Waals surface area contributed by atoms with E-state index < -0.39 is 11.8 Å². The molecule has 1 aliphatic heterocycles. The predicted octanol–water partition coefficient (Wildman–Crippen LogP) is 19.8. The van der Waals surface area contributed by atoms with Crippen LogP contribution >= 0.6 is 0 Å². The number of hydrogen-bond acceptors (Lipinski definition) is 3. The summed E-state index contributed by atoms with van der Waals surface area (Å²) in [4.78, 5) is 7.34. The Morgan fingerprint density at radius 1 is 0.487 bits per heavy atom. The average Bonchev–Trinajstić information content (AvgIpc) is 4.20. The van der Waals surface area contributed by atoms with E-state index in [-0.39, 0.29) is 16.2 Å². The minimum atomic E-state index is -1.70. The Morgan fingerprint density at radius 2 is 1.09 bits per heavy atom. The molecular weight excluding hydrogens is 925 g/mol. The van der Waals surface area contributed by atoms with Crippen molar-refractivity contribution in [3.05, 3.63) is 204 Å². The summed E-state index contributed by atoms with van der Waals surface area (Å²) in [6.07, 6.45) is 0.222. The summed E-state index contributed by atoms with van der Waals surface area (Å²) in [7, 11) is 0. The number of nitrogens with zero attached hydrogens (tertiary/aromatic N) is 4. The van der Waals surface area contributed by atoms with Crippen molar-refractivity contribution in [3.8, 4) is 28.4 Å². The summed E-state index contributed by atoms with van der Waals surface area (Å²) in [5, 5.41) is 8.50. The standard InChI is InChI=1S/C71H70N4O/c1-68(2,3)43-45-21-17-28-58-54-24-13-14-25-55(54)59-29-19-27-53(46-37-48(70(7,8)9)39-49(38-46)71(10,11)12)66(59)74-44-73(62-32-20-30-60(65(45)58)67(62)74)50-22-18-23-51(41-50)76-52-33-34-57-56-26-15-16-31-61(56)75(63(57)42-52)64-40-47(35-36-72-64)69(4,5)6/h13-42H,43-44H2,1-12H3/i43D2. The van der Waals surface area contributed by atoms with Gasteiger partial charge in [-0.15, -0.1) is 0 Å². The van der Waals surface area contributed by atoms with E-state index in [1.807, 2.05) is 45.2 Å². The van der Waals surface area contributed by atoms with Gasteiger partial charge in [-0.1, -0.05) is 198 Å². The molecule has 0 saturated carbocycles. The molecule has 0 bridgehead atoms. The van der Waals surface area contributed by atoms with Crippen LogP contribution in [0, 0.1) is 5.41 Å². The molecule has 3 aromatic heterocycles. The average molecular weight is 997 g/mol. The largest absolute Gasteiger partial charge is 0.457 e. The van der Waals surface area contributed by atoms with Crippen molar-refractivity contribution in [2.75, 3.05) is 4.90 Å². The molecule has 1 aliphatic rings. The van der Waals surface area contributed by atoms with E-state index in [2.05, 4.69) is 234 Å². The number of rotatable bonds is 6. The van der Waals surface area contributed by atoms with Gasteiger partial charge in [0, 0.05) is 53.9 Å². The fourth-order valence-electron chi connectivity index (χ4n) is 11.5. The van der Waals surface area contributed by atoms with E-state index in [0.717, 1.165) is 99.4 Å². The number of benzene rings is 8. The third kappa shape index (κ3) is 8.64. The molecule has 5 nitrogen and oxygen atoms in total. The summed E-state index contributed by atoms with van der Waals surface area (Å²) < 4.78 is 31.7. The number of para-hydroxylation sites is 3. The van der Waals surface area contributed by atoms with Crippen LogP contribution in [-0.2, 0) is 29.3 Å². The quantitative estimate of drug-likeness (QED) is 0.167. The van der Waals surface area contributed by atoms with Crippen molar-refractivity contribution >= 4 is 76.5 Å². The highest BCUT2D eigenvalue weighted by molar-refractivity contribution is 6.23. The highest BCUT2D eigenvalue weighted by Crippen LogP contribution is 2.47. The monoisotopic (exact) mass is 997 g/mol. The van der Waals surface area contributed by atoms with E-state index in [1.165, 1.54) is 22.3 Å². The molecular formula is C71H70N4O. The Hall–Kier alpha value is -7.89. The molecule has 0 N–H and O–H groups in total. The van der Waals surface area contributed by atoms with E-state index in [0.29, 0.717) is 12.2 Å². The molecule has 0 radical (unpaired) electrons. The highest BCUT2D eigenvalue weighted by Gasteiger charge is 2.28. The van der Waals surface area contributed by atoms with Crippen LogP contribution in [0.15, 0.2) is 182 Å². The van der Waals surface area contributed by atoms with E-state index in [1.54, 1.807) is 0 Å². The SMILES string of the molecule is [2H]C([2H])(c1cccc2c3ccccc3c3cccc(-c4cc(C(C)(C)C)cc(C(C)(C)C)c4)c3n3c4c(cccc4c12)N(c1cccc(Oc2ccc4c5ccccc5n(-c5cc(C(C)(C)C)ccn5)c4c2)c1)C3)C(C)(C)C. The first-order valence-electron chi connectivity index (χ1n) is 28.0. The van der Waals surface area contributed by atoms with Crippen molar-refractivity contribution in [1.82, 2.24) is 14.1 Å². The lowest BCUT2D eigenvalue weighted by Gasteiger charge is -2.27. The maximum absolute atomic E-state index is 9.97. The Kier molecular flexibility index (Phi) is 11.0. The number of anilines is 2. The van der Waals surface area contributed by atoms with Gasteiger partial charge < -0.3 is 14.2 Å². The normalized spacial score (nSPS) is 13.8. The lowest BCUT2D eigenvalue weighted by molar-refractivity contribution is 0.413. The first kappa shape index (κ1) is 46.6. The lowest BCUT2D eigenvalue weighted by Crippen LogP contribution is -2.17. The van der Waals surface area contributed by atoms with E-state index in [4.69, 9.17) is 9.72 Å². The van der Waals surface area contributed by atoms with Gasteiger partial charge in [-0.25, -0.2) is 4.98 Å². The lowest BCUT2D eigenvalue weighted by atomic mass is 9.78. The van der Waals surface area contributed by atoms with Crippen LogP contribution in [0.3, 0.4) is 0 Å². The fourth-order valence-corrected chi connectivity index (χ4v) is 11.5. The maximum atomic E-state index is 9.97. The van der Waals surface area contributed by atoms with Crippen LogP contribution in [0.5, 0.6) is 11.5 Å². The number of hydrogen-bond donors (Lipinski definition) is 0. The number of pyridine rings is 1. The van der Waals surface area contributed by atoms with Crippen LogP contribution < -0.4 is 9.64 Å². The zero-order chi connectivity index (χ0) is 54.8. The molecule has 5 heteroatoms. The second-order valence-electron chi connectivity index (χ2n) is 25.1. The molecule has 0 atom stereocenters. The molecule has 8 aromatic carbocycles. The second-order valence-corrected chi connectivity index (χ2v) is 25.1. The summed E-state index contributed by atoms with van der Waals surface area (Å²) >= 11 is 0. The van der Waals surface area contributed by atoms with Gasteiger partial charge >= 0.3 is 0 Å². The zero-order valence-corrected chi connectivity index (χ0v) is 46.2. The molecule has 0 unspecified atom stereocenters. The van der Waals surface area contributed by atoms with Gasteiger partial charge in [-0.2, -0.15) is 0 Å². The molecule has 0 fully saturated rings. The van der Waals surface area contributed by atoms with Crippen LogP contribution in [0.1, 0.15) is 108 Å². The van der Waals surface area contributed by atoms with Gasteiger partial charge in [-0.3, -0.25) is 4.57 Å². The molecule has 0 aliphatic carbocycles. The molecule has 0 saturated heterocycles. The summed E-state index contributed by atoms with van der Waals surface area (Å²) in [6.45, 7) is 27.1. The van der Waals surface area contributed by atoms with Crippen LogP contribution in [0.25, 0.3) is 82.1 Å². The van der Waals surface area contributed by atoms with E-state index in [9.17, 15) is 2.74 Å². The minimum Gasteiger partial charge on any atom is -0.457 e. The Balaban J connectivity index is 1.11. The summed E-state index contributed by atoms with van der Waals surface area (Å²) in [5.74, 6) is 2.32. The Morgan fingerprint density at radius 3 is 1.82 bits per heavy atom. The predicted molar refractivity (Wildman–Crippen MR) is 324 cm³/mol. The van der Waals surface area contributed by atoms with Gasteiger partial charge in [0.1, 0.15) is 24.0 Å². The van der Waals surface area contributed by atoms with E-state index >= 15 is 0 Å². The van der Waals surface area contributed by atoms with Gasteiger partial charge in [0.25, 0.3) is 0 Å². The van der Waals surface area contributed by atoms with Crippen LogP contribution in [0.2, 0.25) is 0 Å². The van der Waals surface area contributed by atoms with Gasteiger partial charge in [0.05, 0.1) is 27.8 Å². The Bertz CT molecular complexity index is 4270. The van der Waals surface area contributed by atoms with Crippen molar-refractivity contribution in [2.24, 2.45) is 5.41 Å². The molecule has 12 rings (SSSR count). The fraction of sp³-hybridized carbons (Fsp3) is 0.254. The molecule has 4 heterocycles. The van der Waals surface area contributed by atoms with Crippen molar-refractivity contribution in [2.45, 2.75) is 112 Å². The Labute approximate surface area is 451 Å². The highest BCUT2D eigenvalue weighted by atomic mass is 16.5. The molecule has 76 heavy (non-hydrogen) atoms. The molecule has 0 amide bonds. The van der Waals surface area contributed by atoms with Crippen LogP contribution in [0.4, 0.5) is 11.4 Å². The van der Waals surface area contributed by atoms with Gasteiger partial charge in [-0.05, 0) is 126 Å². The van der Waals surface area contributed by atoms with Crippen LogP contribution in [-0.4, -0.2) is 14.1 Å². The number of ether oxygens (including phenoxy) is 1. The summed E-state index contributed by atoms with van der Waals surface area (Å²) in [5.41, 5.74) is 12.1. The molecule has 380 valence electrons. The summed E-state index contributed by atoms with van der Waals surface area (Å²) in [6, 6.07) is 63.3. The minimum absolute atomic E-state index is 0.0412. The third-order valence-electron chi connectivity index (χ3n) is 15.3. The number of fused-ring (bicyclic) bond motifs is 10.